The van der Waals surface area contributed by atoms with E-state index in [0.717, 1.165) is 22.5 Å². The third-order valence-electron chi connectivity index (χ3n) is 3.47. The highest BCUT2D eigenvalue weighted by molar-refractivity contribution is 9.10. The van der Waals surface area contributed by atoms with Crippen molar-refractivity contribution >= 4 is 21.9 Å². The van der Waals surface area contributed by atoms with E-state index in [-0.39, 0.29) is 5.41 Å². The molecule has 0 aliphatic carbocycles. The van der Waals surface area contributed by atoms with E-state index in [1.807, 2.05) is 31.2 Å². The summed E-state index contributed by atoms with van der Waals surface area (Å²) < 4.78 is 12.5. The van der Waals surface area contributed by atoms with Gasteiger partial charge in [0.2, 0.25) is 5.89 Å². The van der Waals surface area contributed by atoms with Crippen molar-refractivity contribution in [3.05, 3.63) is 46.6 Å². The van der Waals surface area contributed by atoms with Gasteiger partial charge in [-0.1, -0.05) is 42.8 Å². The second-order valence-electron chi connectivity index (χ2n) is 6.80. The van der Waals surface area contributed by atoms with Crippen LogP contribution >= 0.6 is 15.9 Å². The number of nitrogens with zero attached hydrogens (tertiary/aromatic N) is 2. The number of nitrogens with one attached hydrogen (secondary N) is 2. The number of ether oxygens (including phenoxy) is 1. The van der Waals surface area contributed by atoms with E-state index < -0.39 is 0 Å². The van der Waals surface area contributed by atoms with Gasteiger partial charge in [0, 0.05) is 16.4 Å². The molecule has 0 unspecified atom stereocenters. The summed E-state index contributed by atoms with van der Waals surface area (Å²) in [4.78, 5) is 8.81. The zero-order chi connectivity index (χ0) is 19.0. The van der Waals surface area contributed by atoms with Crippen LogP contribution < -0.4 is 15.4 Å². The summed E-state index contributed by atoms with van der Waals surface area (Å²) in [5.74, 6) is 3.01. The first kappa shape index (κ1) is 20.3. The zero-order valence-corrected chi connectivity index (χ0v) is 17.4. The molecule has 0 radical (unpaired) electrons. The van der Waals surface area contributed by atoms with Crippen molar-refractivity contribution in [2.75, 3.05) is 19.7 Å². The van der Waals surface area contributed by atoms with E-state index in [2.05, 4.69) is 57.3 Å². The van der Waals surface area contributed by atoms with Crippen molar-refractivity contribution in [1.29, 1.82) is 0 Å². The fraction of sp³-hybridized carbons (Fsp3) is 0.474. The van der Waals surface area contributed by atoms with Gasteiger partial charge in [-0.3, -0.25) is 0 Å². The molecule has 0 bridgehead atoms. The van der Waals surface area contributed by atoms with Crippen molar-refractivity contribution in [2.24, 2.45) is 4.99 Å². The van der Waals surface area contributed by atoms with Crippen molar-refractivity contribution in [3.63, 3.8) is 0 Å². The minimum Gasteiger partial charge on any atom is -0.492 e. The number of guanidine groups is 1. The number of aromatic nitrogens is 1. The van der Waals surface area contributed by atoms with Crippen LogP contribution in [0.2, 0.25) is 0 Å². The minimum absolute atomic E-state index is 0.0541. The van der Waals surface area contributed by atoms with Crippen LogP contribution in [0, 0.1) is 0 Å². The number of oxazole rings is 1. The van der Waals surface area contributed by atoms with Crippen LogP contribution in [0.3, 0.4) is 0 Å². The third-order valence-corrected chi connectivity index (χ3v) is 3.96. The van der Waals surface area contributed by atoms with Crippen LogP contribution in [0.15, 0.2) is 44.3 Å². The molecular formula is C19H27BrN4O2. The molecule has 0 spiro atoms. The molecule has 0 saturated heterocycles. The smallest absolute Gasteiger partial charge is 0.216 e. The van der Waals surface area contributed by atoms with Crippen molar-refractivity contribution in [2.45, 2.75) is 39.7 Å². The molecule has 6 nitrogen and oxygen atoms in total. The maximum Gasteiger partial charge on any atom is 0.216 e. The van der Waals surface area contributed by atoms with Crippen molar-refractivity contribution < 1.29 is 9.15 Å². The Morgan fingerprint density at radius 2 is 2.12 bits per heavy atom. The molecule has 26 heavy (non-hydrogen) atoms. The maximum atomic E-state index is 5.77. The van der Waals surface area contributed by atoms with Crippen LogP contribution in [0.4, 0.5) is 0 Å². The fourth-order valence-corrected chi connectivity index (χ4v) is 2.49. The van der Waals surface area contributed by atoms with Crippen molar-refractivity contribution in [3.8, 4) is 5.75 Å². The van der Waals surface area contributed by atoms with Crippen LogP contribution in [0.1, 0.15) is 39.3 Å². The highest BCUT2D eigenvalue weighted by atomic mass is 79.9. The highest BCUT2D eigenvalue weighted by Crippen LogP contribution is 2.22. The average Bonchev–Trinajstić information content (AvgIpc) is 3.06. The number of halogens is 1. The highest BCUT2D eigenvalue weighted by Gasteiger charge is 2.18. The molecule has 0 atom stereocenters. The van der Waals surface area contributed by atoms with Gasteiger partial charge in [0.15, 0.2) is 5.96 Å². The van der Waals surface area contributed by atoms with Gasteiger partial charge in [-0.25, -0.2) is 9.98 Å². The van der Waals surface area contributed by atoms with Gasteiger partial charge in [-0.15, -0.1) is 0 Å². The summed E-state index contributed by atoms with van der Waals surface area (Å²) in [6.45, 7) is 10.6. The second-order valence-corrected chi connectivity index (χ2v) is 7.71. The Bertz CT molecular complexity index is 722. The van der Waals surface area contributed by atoms with Crippen molar-refractivity contribution in [1.82, 2.24) is 15.6 Å². The van der Waals surface area contributed by atoms with E-state index in [1.54, 1.807) is 6.20 Å². The number of hydrogen-bond donors (Lipinski definition) is 2. The molecule has 0 aliphatic heterocycles. The molecule has 0 fully saturated rings. The van der Waals surface area contributed by atoms with Gasteiger partial charge >= 0.3 is 0 Å². The van der Waals surface area contributed by atoms with Gasteiger partial charge in [0.05, 0.1) is 12.7 Å². The molecule has 1 aromatic carbocycles. The van der Waals surface area contributed by atoms with Gasteiger partial charge in [0.25, 0.3) is 0 Å². The lowest BCUT2D eigenvalue weighted by Gasteiger charge is -2.13. The van der Waals surface area contributed by atoms with Gasteiger partial charge in [0.1, 0.15) is 24.7 Å². The summed E-state index contributed by atoms with van der Waals surface area (Å²) in [5.41, 5.74) is -0.0541. The summed E-state index contributed by atoms with van der Waals surface area (Å²) in [6, 6.07) is 7.78. The predicted molar refractivity (Wildman–Crippen MR) is 108 cm³/mol. The summed E-state index contributed by atoms with van der Waals surface area (Å²) in [5, 5.41) is 6.45. The number of benzene rings is 1. The first-order valence-electron chi connectivity index (χ1n) is 8.74. The maximum absolute atomic E-state index is 5.77. The lowest BCUT2D eigenvalue weighted by atomic mass is 9.94. The summed E-state index contributed by atoms with van der Waals surface area (Å²) in [6.07, 6.45) is 1.77. The van der Waals surface area contributed by atoms with Crippen LogP contribution in [0.5, 0.6) is 5.75 Å². The average molecular weight is 423 g/mol. The second kappa shape index (κ2) is 9.62. The number of hydrogen-bond acceptors (Lipinski definition) is 4. The molecular weight excluding hydrogens is 396 g/mol. The van der Waals surface area contributed by atoms with Crippen LogP contribution in [-0.2, 0) is 12.0 Å². The lowest BCUT2D eigenvalue weighted by molar-refractivity contribution is 0.321. The molecule has 0 amide bonds. The van der Waals surface area contributed by atoms with Gasteiger partial charge < -0.3 is 19.8 Å². The van der Waals surface area contributed by atoms with E-state index in [4.69, 9.17) is 9.15 Å². The monoisotopic (exact) mass is 422 g/mol. The molecule has 1 heterocycles. The normalized spacial score (nSPS) is 12.1. The van der Waals surface area contributed by atoms with E-state index in [0.29, 0.717) is 31.5 Å². The van der Waals surface area contributed by atoms with Gasteiger partial charge in [-0.2, -0.15) is 0 Å². The molecule has 7 heteroatoms. The molecule has 1 aromatic heterocycles. The summed E-state index contributed by atoms with van der Waals surface area (Å²) in [7, 11) is 0. The Hall–Kier alpha value is -2.02. The molecule has 2 rings (SSSR count). The first-order chi connectivity index (χ1) is 12.4. The van der Waals surface area contributed by atoms with Crippen LogP contribution in [0.25, 0.3) is 0 Å². The Balaban J connectivity index is 1.83. The Morgan fingerprint density at radius 3 is 2.77 bits per heavy atom. The zero-order valence-electron chi connectivity index (χ0n) is 15.8. The quantitative estimate of drug-likeness (QED) is 0.402. The SMILES string of the molecule is CCNC(=NCc1ncc(C(C)(C)C)o1)NCCOc1cccc(Br)c1. The Kier molecular flexibility index (Phi) is 7.50. The molecule has 0 saturated carbocycles. The van der Waals surface area contributed by atoms with E-state index in [1.165, 1.54) is 0 Å². The lowest BCUT2D eigenvalue weighted by Crippen LogP contribution is -2.39. The minimum atomic E-state index is -0.0541. The fourth-order valence-electron chi connectivity index (χ4n) is 2.11. The Labute approximate surface area is 163 Å². The number of aliphatic imine (C=N–C) groups is 1. The summed E-state index contributed by atoms with van der Waals surface area (Å²) >= 11 is 3.43. The van der Waals surface area contributed by atoms with Crippen LogP contribution in [-0.4, -0.2) is 30.6 Å². The molecule has 0 aliphatic rings. The predicted octanol–water partition coefficient (Wildman–Crippen LogP) is 3.87. The number of rotatable bonds is 7. The van der Waals surface area contributed by atoms with E-state index >= 15 is 0 Å². The molecule has 142 valence electrons. The first-order valence-corrected chi connectivity index (χ1v) is 9.53. The largest absolute Gasteiger partial charge is 0.492 e. The third kappa shape index (κ3) is 6.71. The molecule has 2 aromatic rings. The van der Waals surface area contributed by atoms with E-state index in [9.17, 15) is 0 Å². The van der Waals surface area contributed by atoms with Gasteiger partial charge in [-0.05, 0) is 25.1 Å². The standard InChI is InChI=1S/C19H27BrN4O2/c1-5-21-18(22-9-10-25-15-8-6-7-14(20)11-15)24-13-17-23-12-16(26-17)19(2,3)4/h6-8,11-12H,5,9-10,13H2,1-4H3,(H2,21,22,24). The topological polar surface area (TPSA) is 71.7 Å². The molecule has 2 N–H and O–H groups in total. The Morgan fingerprint density at radius 1 is 1.31 bits per heavy atom.